The number of ether oxygens (including phenoxy) is 2. The van der Waals surface area contributed by atoms with E-state index >= 15 is 0 Å². The summed E-state index contributed by atoms with van der Waals surface area (Å²) in [6, 6.07) is 12.1. The molecular weight excluding hydrogens is 418 g/mol. The number of nitrogens with zero attached hydrogens (tertiary/aromatic N) is 7. The Morgan fingerprint density at radius 1 is 0.727 bits per heavy atom. The normalized spacial score (nSPS) is 16.6. The Kier molecular flexibility index (Phi) is 5.08. The molecule has 0 N–H and O–H groups in total. The van der Waals surface area contributed by atoms with E-state index in [1.165, 1.54) is 5.56 Å². The van der Waals surface area contributed by atoms with E-state index in [4.69, 9.17) is 24.5 Å². The molecule has 0 atom stereocenters. The van der Waals surface area contributed by atoms with E-state index in [2.05, 4.69) is 28.0 Å². The first kappa shape index (κ1) is 20.7. The second-order valence-corrected chi connectivity index (χ2v) is 7.77. The van der Waals surface area contributed by atoms with Gasteiger partial charge in [0.2, 0.25) is 17.9 Å². The Labute approximate surface area is 191 Å². The van der Waals surface area contributed by atoms with Crippen LogP contribution in [0, 0.1) is 20.8 Å². The van der Waals surface area contributed by atoms with Crippen molar-refractivity contribution in [3.05, 3.63) is 64.2 Å². The van der Waals surface area contributed by atoms with Crippen LogP contribution in [0.3, 0.4) is 0 Å². The average Bonchev–Trinajstić information content (AvgIpc) is 2.78. The number of amidine groups is 3. The average molecular weight is 441 g/mol. The predicted molar refractivity (Wildman–Crippen MR) is 130 cm³/mol. The Morgan fingerprint density at radius 3 is 1.94 bits per heavy atom. The van der Waals surface area contributed by atoms with Crippen molar-refractivity contribution in [3.63, 3.8) is 0 Å². The highest BCUT2D eigenvalue weighted by molar-refractivity contribution is 6.32. The zero-order valence-corrected chi connectivity index (χ0v) is 19.1. The first-order chi connectivity index (χ1) is 16.0. The molecule has 0 aromatic heterocycles. The van der Waals surface area contributed by atoms with Crippen molar-refractivity contribution >= 4 is 35.6 Å². The lowest BCUT2D eigenvalue weighted by atomic mass is 10.0. The van der Waals surface area contributed by atoms with E-state index in [1.807, 2.05) is 51.1 Å². The molecular formula is C24H23N7O2. The summed E-state index contributed by atoms with van der Waals surface area (Å²) in [5, 5.41) is 0. The maximum absolute atomic E-state index is 5.59. The van der Waals surface area contributed by atoms with Gasteiger partial charge in [0.15, 0.2) is 11.7 Å². The molecule has 0 bridgehead atoms. The van der Waals surface area contributed by atoms with Crippen LogP contribution in [0.4, 0.5) is 0 Å². The molecule has 3 aliphatic rings. The van der Waals surface area contributed by atoms with E-state index in [0.717, 1.165) is 28.0 Å². The smallest absolute Gasteiger partial charge is 0.323 e. The molecule has 0 aliphatic carbocycles. The van der Waals surface area contributed by atoms with E-state index in [0.29, 0.717) is 36.2 Å². The fraction of sp³-hybridized carbons (Fsp3) is 0.250. The second kappa shape index (κ2) is 8.09. The molecule has 0 fully saturated rings. The maximum atomic E-state index is 5.59. The first-order valence-electron chi connectivity index (χ1n) is 10.6. The van der Waals surface area contributed by atoms with Crippen LogP contribution in [0.1, 0.15) is 34.7 Å². The lowest BCUT2D eigenvalue weighted by Crippen LogP contribution is -2.48. The van der Waals surface area contributed by atoms with Crippen LogP contribution in [0.15, 0.2) is 66.4 Å². The van der Waals surface area contributed by atoms with Crippen molar-refractivity contribution in [3.8, 4) is 5.75 Å². The predicted octanol–water partition coefficient (Wildman–Crippen LogP) is 3.62. The van der Waals surface area contributed by atoms with Crippen molar-refractivity contribution in [2.24, 2.45) is 30.0 Å². The Hall–Kier alpha value is -4.14. The standard InChI is InChI=1S/C24H23N7O2/c1-6-33-24-29-22-27-19(17-9-7-13(2)11-14(17)3)25-21-26-20(28-23(30-24)31(21)22)18-10-8-16(32-5)12-15(18)4/h7-12H,6H2,1-5H3. The molecule has 2 aromatic carbocycles. The minimum Gasteiger partial charge on any atom is -0.497 e. The largest absolute Gasteiger partial charge is 0.497 e. The molecule has 33 heavy (non-hydrogen) atoms. The van der Waals surface area contributed by atoms with Crippen molar-refractivity contribution in [1.29, 1.82) is 0 Å². The van der Waals surface area contributed by atoms with Crippen LogP contribution in [0.5, 0.6) is 5.75 Å². The molecule has 3 heterocycles. The van der Waals surface area contributed by atoms with Crippen LogP contribution in [-0.2, 0) is 4.74 Å². The van der Waals surface area contributed by atoms with E-state index in [9.17, 15) is 0 Å². The van der Waals surface area contributed by atoms with Gasteiger partial charge in [0, 0.05) is 11.1 Å². The zero-order chi connectivity index (χ0) is 23.1. The minimum absolute atomic E-state index is 0.209. The molecule has 9 nitrogen and oxygen atoms in total. The Morgan fingerprint density at radius 2 is 1.33 bits per heavy atom. The maximum Gasteiger partial charge on any atom is 0.323 e. The summed E-state index contributed by atoms with van der Waals surface area (Å²) < 4.78 is 10.9. The van der Waals surface area contributed by atoms with Crippen LogP contribution in [0.25, 0.3) is 0 Å². The van der Waals surface area contributed by atoms with Gasteiger partial charge in [0.1, 0.15) is 5.75 Å². The molecule has 0 spiro atoms. The van der Waals surface area contributed by atoms with Gasteiger partial charge in [-0.1, -0.05) is 23.8 Å². The van der Waals surface area contributed by atoms with Gasteiger partial charge in [-0.2, -0.15) is 30.0 Å². The van der Waals surface area contributed by atoms with Gasteiger partial charge in [0.05, 0.1) is 13.7 Å². The molecule has 2 aromatic rings. The zero-order valence-electron chi connectivity index (χ0n) is 19.1. The SMILES string of the molecule is CCOC1=NC2=NC(c3ccc(C)cc3C)=NC3=NC(c4ccc(OC)cc4C)=NC(=N1)N23. The molecule has 0 unspecified atom stereocenters. The number of guanidine groups is 3. The van der Waals surface area contributed by atoms with Crippen LogP contribution in [0.2, 0.25) is 0 Å². The number of hydrogen-bond donors (Lipinski definition) is 0. The molecule has 166 valence electrons. The topological polar surface area (TPSA) is 95.9 Å². The van der Waals surface area contributed by atoms with Crippen molar-refractivity contribution < 1.29 is 9.47 Å². The molecule has 0 amide bonds. The van der Waals surface area contributed by atoms with Crippen molar-refractivity contribution in [2.45, 2.75) is 27.7 Å². The fourth-order valence-corrected chi connectivity index (χ4v) is 3.78. The van der Waals surface area contributed by atoms with Gasteiger partial charge in [-0.15, -0.1) is 0 Å². The van der Waals surface area contributed by atoms with Crippen LogP contribution >= 0.6 is 0 Å². The van der Waals surface area contributed by atoms with Gasteiger partial charge in [-0.3, -0.25) is 0 Å². The molecule has 0 radical (unpaired) electrons. The highest BCUT2D eigenvalue weighted by atomic mass is 16.5. The number of hydrogen-bond acceptors (Lipinski definition) is 9. The number of aliphatic imine (C=N–C) groups is 6. The lowest BCUT2D eigenvalue weighted by Gasteiger charge is -2.30. The molecule has 5 rings (SSSR count). The highest BCUT2D eigenvalue weighted by Gasteiger charge is 2.36. The van der Waals surface area contributed by atoms with Crippen molar-refractivity contribution in [2.75, 3.05) is 13.7 Å². The number of benzene rings is 2. The lowest BCUT2D eigenvalue weighted by molar-refractivity contribution is 0.321. The van der Waals surface area contributed by atoms with Gasteiger partial charge in [-0.25, -0.2) is 4.90 Å². The Bertz CT molecular complexity index is 1350. The summed E-state index contributed by atoms with van der Waals surface area (Å²) in [4.78, 5) is 29.5. The third-order valence-electron chi connectivity index (χ3n) is 5.39. The molecule has 3 aliphatic heterocycles. The highest BCUT2D eigenvalue weighted by Crippen LogP contribution is 2.25. The third-order valence-corrected chi connectivity index (χ3v) is 5.39. The van der Waals surface area contributed by atoms with Gasteiger partial charge >= 0.3 is 6.02 Å². The van der Waals surface area contributed by atoms with Crippen LogP contribution < -0.4 is 4.74 Å². The molecule has 0 saturated heterocycles. The third kappa shape index (κ3) is 3.71. The number of rotatable bonds is 4. The quantitative estimate of drug-likeness (QED) is 0.725. The first-order valence-corrected chi connectivity index (χ1v) is 10.6. The monoisotopic (exact) mass is 441 g/mol. The Balaban J connectivity index is 1.67. The summed E-state index contributed by atoms with van der Waals surface area (Å²) in [6.07, 6.45) is 0. The summed E-state index contributed by atoms with van der Waals surface area (Å²) in [5.41, 5.74) is 4.99. The number of aryl methyl sites for hydroxylation is 3. The molecule has 0 saturated carbocycles. The van der Waals surface area contributed by atoms with Gasteiger partial charge < -0.3 is 9.47 Å². The van der Waals surface area contributed by atoms with Gasteiger partial charge in [-0.05, 0) is 57.0 Å². The fourth-order valence-electron chi connectivity index (χ4n) is 3.78. The summed E-state index contributed by atoms with van der Waals surface area (Å²) >= 11 is 0. The number of methoxy groups -OCH3 is 1. The summed E-state index contributed by atoms with van der Waals surface area (Å²) in [5.74, 6) is 2.96. The minimum atomic E-state index is 0.209. The van der Waals surface area contributed by atoms with Gasteiger partial charge in [0.25, 0.3) is 0 Å². The second-order valence-electron chi connectivity index (χ2n) is 7.77. The molecule has 9 heteroatoms. The van der Waals surface area contributed by atoms with E-state index in [-0.39, 0.29) is 6.02 Å². The summed E-state index contributed by atoms with van der Waals surface area (Å²) in [7, 11) is 1.64. The van der Waals surface area contributed by atoms with E-state index in [1.54, 1.807) is 12.0 Å². The van der Waals surface area contributed by atoms with Crippen LogP contribution in [-0.4, -0.2) is 54.2 Å². The van der Waals surface area contributed by atoms with Crippen molar-refractivity contribution in [1.82, 2.24) is 4.90 Å². The summed E-state index contributed by atoms with van der Waals surface area (Å²) in [6.45, 7) is 8.39. The van der Waals surface area contributed by atoms with E-state index < -0.39 is 0 Å².